The van der Waals surface area contributed by atoms with Crippen LogP contribution in [0, 0.1) is 15.5 Å². The third kappa shape index (κ3) is 2.22. The Morgan fingerprint density at radius 2 is 1.91 bits per heavy atom. The summed E-state index contributed by atoms with van der Waals surface area (Å²) in [7, 11) is 2.30. The van der Waals surface area contributed by atoms with E-state index in [-0.39, 0.29) is 17.7 Å². The van der Waals surface area contributed by atoms with Gasteiger partial charge in [0.1, 0.15) is 0 Å². The second kappa shape index (κ2) is 5.55. The number of nitro groups is 1. The van der Waals surface area contributed by atoms with E-state index >= 15 is 0 Å². The van der Waals surface area contributed by atoms with E-state index in [1.54, 1.807) is 0 Å². The van der Waals surface area contributed by atoms with Gasteiger partial charge < -0.3 is 9.47 Å². The lowest BCUT2D eigenvalue weighted by Gasteiger charge is -2.13. The number of rotatable bonds is 5. The zero-order valence-electron chi connectivity index (χ0n) is 11.9. The van der Waals surface area contributed by atoms with Crippen LogP contribution in [0.3, 0.4) is 0 Å². The molecule has 1 unspecified atom stereocenters. The van der Waals surface area contributed by atoms with Crippen LogP contribution in [-0.2, 0) is 19.1 Å². The van der Waals surface area contributed by atoms with Crippen LogP contribution in [0.4, 0.5) is 5.69 Å². The standard InChI is InChI=1S/C14H13NO7/c1-21-12(17)14(13(18)22-2)6-11(14)10-4-3-9(15(19)20)5-8(10)7-16/h3-5,7,11H,6H2,1-2H3. The second-order valence-electron chi connectivity index (χ2n) is 4.90. The van der Waals surface area contributed by atoms with Gasteiger partial charge in [-0.1, -0.05) is 6.07 Å². The summed E-state index contributed by atoms with van der Waals surface area (Å²) in [5.74, 6) is -2.10. The van der Waals surface area contributed by atoms with Crippen molar-refractivity contribution < 1.29 is 28.8 Å². The molecule has 1 saturated carbocycles. The molecule has 0 aromatic heterocycles. The highest BCUT2D eigenvalue weighted by Gasteiger charge is 2.68. The number of non-ortho nitro benzene ring substituents is 1. The maximum absolute atomic E-state index is 11.9. The normalized spacial score (nSPS) is 18.2. The first kappa shape index (κ1) is 15.6. The zero-order valence-corrected chi connectivity index (χ0v) is 11.9. The molecule has 1 aliphatic carbocycles. The Bertz CT molecular complexity index is 651. The molecule has 1 aromatic carbocycles. The van der Waals surface area contributed by atoms with E-state index in [4.69, 9.17) is 0 Å². The SMILES string of the molecule is COC(=O)C1(C(=O)OC)CC1c1ccc([N+](=O)[O-])cc1C=O. The van der Waals surface area contributed by atoms with Crippen molar-refractivity contribution in [2.24, 2.45) is 5.41 Å². The summed E-state index contributed by atoms with van der Waals surface area (Å²) in [5.41, 5.74) is -1.28. The maximum Gasteiger partial charge on any atom is 0.323 e. The first-order valence-electron chi connectivity index (χ1n) is 6.32. The number of hydrogen-bond donors (Lipinski definition) is 0. The van der Waals surface area contributed by atoms with Gasteiger partial charge in [0.15, 0.2) is 11.7 Å². The number of hydrogen-bond acceptors (Lipinski definition) is 7. The van der Waals surface area contributed by atoms with Crippen LogP contribution in [0.2, 0.25) is 0 Å². The predicted octanol–water partition coefficient (Wildman–Crippen LogP) is 1.23. The van der Waals surface area contributed by atoms with Crippen molar-refractivity contribution >= 4 is 23.9 Å². The van der Waals surface area contributed by atoms with Gasteiger partial charge in [0.05, 0.1) is 19.1 Å². The fraction of sp³-hybridized carbons (Fsp3) is 0.357. The molecule has 1 aliphatic rings. The molecule has 0 aliphatic heterocycles. The molecule has 2 rings (SSSR count). The first-order chi connectivity index (χ1) is 10.4. The van der Waals surface area contributed by atoms with E-state index in [0.717, 1.165) is 20.3 Å². The molecule has 8 heteroatoms. The molecule has 0 spiro atoms. The number of carbonyl (C=O) groups excluding carboxylic acids is 3. The quantitative estimate of drug-likeness (QED) is 0.264. The van der Waals surface area contributed by atoms with E-state index in [1.165, 1.54) is 12.1 Å². The lowest BCUT2D eigenvalue weighted by molar-refractivity contribution is -0.384. The highest BCUT2D eigenvalue weighted by Crippen LogP contribution is 2.61. The van der Waals surface area contributed by atoms with Gasteiger partial charge >= 0.3 is 11.9 Å². The van der Waals surface area contributed by atoms with Crippen molar-refractivity contribution in [1.29, 1.82) is 0 Å². The number of esters is 2. The monoisotopic (exact) mass is 307 g/mol. The van der Waals surface area contributed by atoms with Crippen LogP contribution in [0.15, 0.2) is 18.2 Å². The highest BCUT2D eigenvalue weighted by molar-refractivity contribution is 6.05. The summed E-state index contributed by atoms with van der Waals surface area (Å²) in [5, 5.41) is 10.7. The van der Waals surface area contributed by atoms with Crippen LogP contribution in [0.5, 0.6) is 0 Å². The summed E-state index contributed by atoms with van der Waals surface area (Å²) in [6, 6.07) is 3.71. The van der Waals surface area contributed by atoms with Crippen molar-refractivity contribution in [3.63, 3.8) is 0 Å². The fourth-order valence-electron chi connectivity index (χ4n) is 2.63. The summed E-state index contributed by atoms with van der Waals surface area (Å²) >= 11 is 0. The van der Waals surface area contributed by atoms with Crippen molar-refractivity contribution in [1.82, 2.24) is 0 Å². The van der Waals surface area contributed by atoms with Gasteiger partial charge in [0.25, 0.3) is 5.69 Å². The molecule has 1 atom stereocenters. The smallest absolute Gasteiger partial charge is 0.323 e. The van der Waals surface area contributed by atoms with Crippen molar-refractivity contribution in [3.05, 3.63) is 39.4 Å². The lowest BCUT2D eigenvalue weighted by atomic mass is 9.95. The Morgan fingerprint density at radius 1 is 1.32 bits per heavy atom. The molecular weight excluding hydrogens is 294 g/mol. The Balaban J connectivity index is 2.45. The zero-order chi connectivity index (χ0) is 16.5. The largest absolute Gasteiger partial charge is 0.468 e. The van der Waals surface area contributed by atoms with E-state index in [1.807, 2.05) is 0 Å². The van der Waals surface area contributed by atoms with E-state index in [0.29, 0.717) is 11.8 Å². The third-order valence-corrected chi connectivity index (χ3v) is 3.84. The van der Waals surface area contributed by atoms with Crippen molar-refractivity contribution in [2.45, 2.75) is 12.3 Å². The fourth-order valence-corrected chi connectivity index (χ4v) is 2.63. The molecule has 0 heterocycles. The molecule has 0 N–H and O–H groups in total. The van der Waals surface area contributed by atoms with Gasteiger partial charge in [0, 0.05) is 23.6 Å². The average molecular weight is 307 g/mol. The summed E-state index contributed by atoms with van der Waals surface area (Å²) < 4.78 is 9.30. The van der Waals surface area contributed by atoms with Crippen LogP contribution in [0.25, 0.3) is 0 Å². The van der Waals surface area contributed by atoms with Gasteiger partial charge in [-0.3, -0.25) is 24.5 Å². The van der Waals surface area contributed by atoms with Crippen LogP contribution in [0.1, 0.15) is 28.3 Å². The minimum atomic E-state index is -1.49. The summed E-state index contributed by atoms with van der Waals surface area (Å²) in [4.78, 5) is 45.2. The molecular formula is C14H13NO7. The predicted molar refractivity (Wildman–Crippen MR) is 72.3 cm³/mol. The van der Waals surface area contributed by atoms with Crippen molar-refractivity contribution in [2.75, 3.05) is 14.2 Å². The van der Waals surface area contributed by atoms with E-state index in [2.05, 4.69) is 9.47 Å². The number of benzene rings is 1. The Morgan fingerprint density at radius 3 is 2.36 bits per heavy atom. The third-order valence-electron chi connectivity index (χ3n) is 3.84. The molecule has 22 heavy (non-hydrogen) atoms. The topological polar surface area (TPSA) is 113 Å². The Labute approximate surface area is 125 Å². The Hall–Kier alpha value is -2.77. The van der Waals surface area contributed by atoms with E-state index in [9.17, 15) is 24.5 Å². The number of methoxy groups -OCH3 is 2. The second-order valence-corrected chi connectivity index (χ2v) is 4.90. The number of carbonyl (C=O) groups is 3. The molecule has 1 fully saturated rings. The Kier molecular flexibility index (Phi) is 3.94. The summed E-state index contributed by atoms with van der Waals surface area (Å²) in [6.45, 7) is 0. The number of nitro benzene ring substituents is 1. The van der Waals surface area contributed by atoms with Crippen LogP contribution < -0.4 is 0 Å². The molecule has 0 bridgehead atoms. The molecule has 116 valence electrons. The van der Waals surface area contributed by atoms with Gasteiger partial charge in [-0.2, -0.15) is 0 Å². The maximum atomic E-state index is 11.9. The average Bonchev–Trinajstić information content (AvgIpc) is 3.29. The number of ether oxygens (including phenoxy) is 2. The van der Waals surface area contributed by atoms with Crippen LogP contribution in [-0.4, -0.2) is 37.4 Å². The van der Waals surface area contributed by atoms with Gasteiger partial charge in [-0.05, 0) is 12.0 Å². The van der Waals surface area contributed by atoms with Gasteiger partial charge in [0.2, 0.25) is 0 Å². The first-order valence-corrected chi connectivity index (χ1v) is 6.32. The van der Waals surface area contributed by atoms with Crippen molar-refractivity contribution in [3.8, 4) is 0 Å². The molecule has 0 amide bonds. The molecule has 1 aromatic rings. The van der Waals surface area contributed by atoms with Gasteiger partial charge in [-0.25, -0.2) is 0 Å². The van der Waals surface area contributed by atoms with Crippen LogP contribution >= 0.6 is 0 Å². The van der Waals surface area contributed by atoms with E-state index < -0.39 is 28.2 Å². The summed E-state index contributed by atoms with van der Waals surface area (Å²) in [6.07, 6.45) is 0.588. The minimum Gasteiger partial charge on any atom is -0.468 e. The lowest BCUT2D eigenvalue weighted by Crippen LogP contribution is -2.30. The molecule has 0 saturated heterocycles. The number of nitrogens with zero attached hydrogens (tertiary/aromatic N) is 1. The highest BCUT2D eigenvalue weighted by atomic mass is 16.6. The van der Waals surface area contributed by atoms with Gasteiger partial charge in [-0.15, -0.1) is 0 Å². The number of aldehydes is 1. The minimum absolute atomic E-state index is 0.0638. The molecule has 8 nitrogen and oxygen atoms in total. The molecule has 0 radical (unpaired) electrons.